The van der Waals surface area contributed by atoms with Gasteiger partial charge < -0.3 is 13.7 Å². The molecule has 0 aliphatic rings. The quantitative estimate of drug-likeness (QED) is 0.142. The Kier molecular flexibility index (Phi) is 15.6. The van der Waals surface area contributed by atoms with Gasteiger partial charge in [0.2, 0.25) is 0 Å². The van der Waals surface area contributed by atoms with E-state index in [1.54, 1.807) is 0 Å². The van der Waals surface area contributed by atoms with E-state index in [0.717, 1.165) is 122 Å². The summed E-state index contributed by atoms with van der Waals surface area (Å²) in [4.78, 5) is 27.9. The van der Waals surface area contributed by atoms with E-state index in [4.69, 9.17) is 19.9 Å². The van der Waals surface area contributed by atoms with Crippen molar-refractivity contribution in [3.05, 3.63) is 401 Å². The van der Waals surface area contributed by atoms with Gasteiger partial charge >= 0.3 is 0 Å². The second-order valence-corrected chi connectivity index (χ2v) is 28.7. The van der Waals surface area contributed by atoms with Crippen LogP contribution in [0.4, 0.5) is 0 Å². The molecule has 0 saturated heterocycles. The molecule has 0 amide bonds. The predicted octanol–water partition coefficient (Wildman–Crippen LogP) is 25.0. The lowest BCUT2D eigenvalue weighted by molar-refractivity contribution is 1.14. The Morgan fingerprint density at radius 1 is 0.158 bits per heavy atom. The van der Waals surface area contributed by atoms with E-state index in [9.17, 15) is 0 Å². The van der Waals surface area contributed by atoms with Gasteiger partial charge in [0.25, 0.3) is 0 Å². The van der Waals surface area contributed by atoms with Crippen molar-refractivity contribution in [1.82, 2.24) is 57.3 Å². The Hall–Kier alpha value is -15.7. The van der Waals surface area contributed by atoms with Crippen LogP contribution in [0.25, 0.3) is 199 Å². The van der Waals surface area contributed by atoms with Crippen molar-refractivity contribution in [1.29, 1.82) is 0 Å². The normalized spacial score (nSPS) is 11.7. The molecule has 0 radical (unpaired) electrons. The number of rotatable bonds is 9. The van der Waals surface area contributed by atoms with Crippen LogP contribution in [0.5, 0.6) is 0 Å². The van der Waals surface area contributed by atoms with Crippen molar-refractivity contribution < 1.29 is 0 Å². The Morgan fingerprint density at radius 3 is 0.833 bits per heavy atom. The monoisotopic (exact) mass is 1460 g/mol. The van der Waals surface area contributed by atoms with Gasteiger partial charge in [0.05, 0.1) is 61.4 Å². The summed E-state index contributed by atoms with van der Waals surface area (Å²) in [6.07, 6.45) is 15.2. The highest BCUT2D eigenvalue weighted by Gasteiger charge is 2.22. The molecule has 0 spiro atoms. The standard InChI is InChI=1S/3C34H22N4/c1-3-9-25(10-4-1)37-31-18-16-24(22-29(31)33-32(37)14-8-19-35-33)23-15-17-30-28(21-23)27-13-7-20-36-34(27)38(30)26-11-5-2-6-12-26;1-3-8-25(9-4-1)37-31-15-13-24(21-29(31)30-22-35-19-17-33(30)37)23-14-16-32-28(20-23)27-12-7-18-36-34(27)38(32)26-10-5-2-6-11-26;1-3-8-25(9-4-1)37-31-15-13-23(20-29(31)27-17-19-35-22-33(27)37)24-14-16-32-30(21-24)28-12-7-18-36-34(28)38(32)26-10-5-2-6-11-26/h3*1-22H. The van der Waals surface area contributed by atoms with Gasteiger partial charge in [-0.2, -0.15) is 0 Å². The lowest BCUT2D eigenvalue weighted by Crippen LogP contribution is -1.94. The summed E-state index contributed by atoms with van der Waals surface area (Å²) < 4.78 is 13.6. The van der Waals surface area contributed by atoms with Gasteiger partial charge in [-0.3, -0.25) is 28.7 Å². The van der Waals surface area contributed by atoms with Crippen molar-refractivity contribution in [2.45, 2.75) is 0 Å². The van der Waals surface area contributed by atoms with Crippen LogP contribution in [0.2, 0.25) is 0 Å². The fourth-order valence-corrected chi connectivity index (χ4v) is 17.3. The minimum atomic E-state index is 0.969. The van der Waals surface area contributed by atoms with Crippen molar-refractivity contribution in [2.24, 2.45) is 0 Å². The molecule has 12 aromatic carbocycles. The molecule has 114 heavy (non-hydrogen) atoms. The zero-order valence-corrected chi connectivity index (χ0v) is 61.5. The summed E-state index contributed by atoms with van der Waals surface area (Å²) in [5.74, 6) is 0. The van der Waals surface area contributed by atoms with Crippen LogP contribution >= 0.6 is 0 Å². The number of hydrogen-bond donors (Lipinski definition) is 0. The fraction of sp³-hybridized carbons (Fsp3) is 0. The third-order valence-electron chi connectivity index (χ3n) is 22.3. The maximum atomic E-state index is 4.79. The molecule has 12 heterocycles. The smallest absolute Gasteiger partial charge is 0.145 e. The molecule has 0 aliphatic carbocycles. The van der Waals surface area contributed by atoms with E-state index < -0.39 is 0 Å². The maximum Gasteiger partial charge on any atom is 0.145 e. The van der Waals surface area contributed by atoms with E-state index in [-0.39, 0.29) is 0 Å². The highest BCUT2D eigenvalue weighted by molar-refractivity contribution is 6.16. The second-order valence-electron chi connectivity index (χ2n) is 28.7. The summed E-state index contributed by atoms with van der Waals surface area (Å²) in [5.41, 5.74) is 28.1. The summed E-state index contributed by atoms with van der Waals surface area (Å²) in [6, 6.07) is 124. The molecule has 0 unspecified atom stereocenters. The molecular weight excluding hydrogens is 1390 g/mol. The molecular formula is C102H66N12. The molecule has 534 valence electrons. The van der Waals surface area contributed by atoms with Gasteiger partial charge in [-0.05, 0) is 240 Å². The first-order valence-corrected chi connectivity index (χ1v) is 38.3. The average molecular weight is 1460 g/mol. The van der Waals surface area contributed by atoms with E-state index in [1.165, 1.54) is 76.7 Å². The van der Waals surface area contributed by atoms with Crippen molar-refractivity contribution in [2.75, 3.05) is 0 Å². The van der Waals surface area contributed by atoms with Crippen molar-refractivity contribution >= 4 is 131 Å². The molecule has 12 aromatic heterocycles. The van der Waals surface area contributed by atoms with Crippen LogP contribution in [0, 0.1) is 0 Å². The molecule has 24 rings (SSSR count). The van der Waals surface area contributed by atoms with Crippen LogP contribution < -0.4 is 0 Å². The first kappa shape index (κ1) is 65.4. The molecule has 0 saturated carbocycles. The lowest BCUT2D eigenvalue weighted by Gasteiger charge is -2.09. The van der Waals surface area contributed by atoms with Gasteiger partial charge in [-0.1, -0.05) is 146 Å². The van der Waals surface area contributed by atoms with Crippen LogP contribution in [0.1, 0.15) is 0 Å². The Morgan fingerprint density at radius 2 is 0.439 bits per heavy atom. The minimum absolute atomic E-state index is 0.969. The van der Waals surface area contributed by atoms with Gasteiger partial charge in [-0.25, -0.2) is 15.0 Å². The first-order valence-electron chi connectivity index (χ1n) is 38.3. The zero-order valence-electron chi connectivity index (χ0n) is 61.5. The predicted molar refractivity (Wildman–Crippen MR) is 468 cm³/mol. The van der Waals surface area contributed by atoms with Crippen LogP contribution in [-0.4, -0.2) is 57.3 Å². The molecule has 0 atom stereocenters. The van der Waals surface area contributed by atoms with Crippen molar-refractivity contribution in [3.63, 3.8) is 0 Å². The molecule has 12 nitrogen and oxygen atoms in total. The number of nitrogens with zero attached hydrogens (tertiary/aromatic N) is 12. The fourth-order valence-electron chi connectivity index (χ4n) is 17.3. The maximum absolute atomic E-state index is 4.79. The number of fused-ring (bicyclic) bond motifs is 18. The summed E-state index contributed by atoms with van der Waals surface area (Å²) in [7, 11) is 0. The zero-order chi connectivity index (χ0) is 75.2. The summed E-state index contributed by atoms with van der Waals surface area (Å²) in [5, 5.41) is 13.0. The number of benzene rings is 12. The summed E-state index contributed by atoms with van der Waals surface area (Å²) >= 11 is 0. The van der Waals surface area contributed by atoms with E-state index in [0.29, 0.717) is 0 Å². The number of pyridine rings is 6. The SMILES string of the molecule is c1ccc(-n2c3ccc(-c4ccc5c(c4)c4cccnc4n5-c4ccccc4)cc3c3ccncc32)cc1.c1ccc(-n2c3ccc(-c4ccc5c(c4)c4cccnc4n5-c4ccccc4)cc3c3ncccc32)cc1.c1ccc(-n2c3ccncc3c3cc(-c4ccc5c(c4)c4cccnc4n5-c4ccccc4)ccc32)cc1. The Labute approximate surface area is 653 Å². The second kappa shape index (κ2) is 27.2. The molecule has 0 aliphatic heterocycles. The Bertz CT molecular complexity index is 6630. The Balaban J connectivity index is 0.000000104. The van der Waals surface area contributed by atoms with Gasteiger partial charge in [0, 0.05) is 137 Å². The van der Waals surface area contributed by atoms with Crippen molar-refractivity contribution in [3.8, 4) is 67.5 Å². The number of para-hydroxylation sites is 6. The van der Waals surface area contributed by atoms with Crippen LogP contribution in [0.3, 0.4) is 0 Å². The largest absolute Gasteiger partial charge is 0.309 e. The molecule has 24 aromatic rings. The molecule has 0 N–H and O–H groups in total. The minimum Gasteiger partial charge on any atom is -0.309 e. The summed E-state index contributed by atoms with van der Waals surface area (Å²) in [6.45, 7) is 0. The van der Waals surface area contributed by atoms with Gasteiger partial charge in [-0.15, -0.1) is 0 Å². The van der Waals surface area contributed by atoms with Gasteiger partial charge in [0.1, 0.15) is 16.9 Å². The van der Waals surface area contributed by atoms with Crippen LogP contribution in [-0.2, 0) is 0 Å². The number of hydrogen-bond acceptors (Lipinski definition) is 6. The highest BCUT2D eigenvalue weighted by Crippen LogP contribution is 2.43. The van der Waals surface area contributed by atoms with Gasteiger partial charge in [0.15, 0.2) is 0 Å². The first-order chi connectivity index (χ1) is 56.6. The lowest BCUT2D eigenvalue weighted by atomic mass is 10.0. The highest BCUT2D eigenvalue weighted by atomic mass is 15.1. The molecule has 0 bridgehead atoms. The third-order valence-corrected chi connectivity index (χ3v) is 22.3. The number of aromatic nitrogens is 12. The van der Waals surface area contributed by atoms with E-state index >= 15 is 0 Å². The molecule has 12 heteroatoms. The van der Waals surface area contributed by atoms with E-state index in [1.807, 2.05) is 104 Å². The van der Waals surface area contributed by atoms with E-state index in [2.05, 4.69) is 335 Å². The topological polar surface area (TPSA) is 107 Å². The van der Waals surface area contributed by atoms with Crippen LogP contribution in [0.15, 0.2) is 401 Å². The average Bonchev–Trinajstić information content (AvgIpc) is 1.59. The molecule has 0 fully saturated rings. The third kappa shape index (κ3) is 10.8.